The molecule has 2 amide bonds. The minimum absolute atomic E-state index is 0.167. The van der Waals surface area contributed by atoms with E-state index in [4.69, 9.17) is 14.2 Å². The number of carbonyl (C=O) groups is 2. The maximum absolute atomic E-state index is 13.2. The van der Waals surface area contributed by atoms with Gasteiger partial charge < -0.3 is 19.1 Å². The standard InChI is InChI=1S/C23H25N3O5/c1-29-18-5-2-16(3-6-18)24-8-10-25(11-9-24)19-15-22(27)26(23(19)28)17-4-7-20-21(14-17)31-13-12-30-20/h2-7,14,19H,8-13,15H2,1H3/t19-/m0/s1. The molecule has 5 rings (SSSR count). The summed E-state index contributed by atoms with van der Waals surface area (Å²) in [5.41, 5.74) is 1.67. The SMILES string of the molecule is COc1ccc(N2CCN([C@H]3CC(=O)N(c4ccc5c(c4)OCCO5)C3=O)CC2)cc1. The molecule has 0 bridgehead atoms. The van der Waals surface area contributed by atoms with E-state index in [1.807, 2.05) is 24.3 Å². The first-order chi connectivity index (χ1) is 15.1. The number of carbonyl (C=O) groups excluding carboxylic acids is 2. The van der Waals surface area contributed by atoms with Crippen LogP contribution in [0.1, 0.15) is 6.42 Å². The Kier molecular flexibility index (Phi) is 5.15. The number of hydrogen-bond donors (Lipinski definition) is 0. The van der Waals surface area contributed by atoms with Gasteiger partial charge in [-0.1, -0.05) is 0 Å². The first-order valence-corrected chi connectivity index (χ1v) is 10.5. The van der Waals surface area contributed by atoms with Gasteiger partial charge in [0.05, 0.1) is 25.3 Å². The van der Waals surface area contributed by atoms with Gasteiger partial charge in [0.15, 0.2) is 11.5 Å². The molecule has 3 aliphatic rings. The van der Waals surface area contributed by atoms with Crippen molar-refractivity contribution in [2.75, 3.05) is 56.3 Å². The van der Waals surface area contributed by atoms with Crippen LogP contribution in [0.25, 0.3) is 0 Å². The van der Waals surface area contributed by atoms with Gasteiger partial charge in [-0.05, 0) is 36.4 Å². The van der Waals surface area contributed by atoms with Crippen molar-refractivity contribution in [3.63, 3.8) is 0 Å². The predicted octanol–water partition coefficient (Wildman–Crippen LogP) is 1.92. The molecule has 2 fully saturated rings. The summed E-state index contributed by atoms with van der Waals surface area (Å²) in [4.78, 5) is 31.6. The van der Waals surface area contributed by atoms with Crippen molar-refractivity contribution in [3.05, 3.63) is 42.5 Å². The Bertz CT molecular complexity index is 985. The summed E-state index contributed by atoms with van der Waals surface area (Å²) in [5.74, 6) is 1.70. The van der Waals surface area contributed by atoms with Crippen molar-refractivity contribution in [1.29, 1.82) is 0 Å². The summed E-state index contributed by atoms with van der Waals surface area (Å²) in [6.07, 6.45) is 0.204. The summed E-state index contributed by atoms with van der Waals surface area (Å²) in [6, 6.07) is 12.8. The fraction of sp³-hybridized carbons (Fsp3) is 0.391. The summed E-state index contributed by atoms with van der Waals surface area (Å²) >= 11 is 0. The molecular formula is C23H25N3O5. The van der Waals surface area contributed by atoms with Crippen molar-refractivity contribution >= 4 is 23.2 Å². The molecule has 0 unspecified atom stereocenters. The molecule has 8 nitrogen and oxygen atoms in total. The van der Waals surface area contributed by atoms with Crippen LogP contribution < -0.4 is 24.0 Å². The molecule has 0 radical (unpaired) electrons. The largest absolute Gasteiger partial charge is 0.497 e. The monoisotopic (exact) mass is 423 g/mol. The lowest BCUT2D eigenvalue weighted by Gasteiger charge is -2.38. The number of piperazine rings is 1. The Balaban J connectivity index is 1.26. The molecule has 2 saturated heterocycles. The maximum Gasteiger partial charge on any atom is 0.251 e. The van der Waals surface area contributed by atoms with Crippen LogP contribution in [0.3, 0.4) is 0 Å². The molecule has 1 atom stereocenters. The number of nitrogens with zero attached hydrogens (tertiary/aromatic N) is 3. The third-order valence-corrected chi connectivity index (χ3v) is 6.10. The minimum atomic E-state index is -0.418. The lowest BCUT2D eigenvalue weighted by Crippen LogP contribution is -2.52. The second kappa shape index (κ2) is 8.11. The molecule has 3 heterocycles. The first kappa shape index (κ1) is 19.7. The van der Waals surface area contributed by atoms with Crippen LogP contribution in [0, 0.1) is 0 Å². The second-order valence-corrected chi connectivity index (χ2v) is 7.84. The smallest absolute Gasteiger partial charge is 0.251 e. The second-order valence-electron chi connectivity index (χ2n) is 7.84. The van der Waals surface area contributed by atoms with Gasteiger partial charge in [0.2, 0.25) is 5.91 Å². The molecule has 31 heavy (non-hydrogen) atoms. The Morgan fingerprint density at radius 1 is 0.871 bits per heavy atom. The number of anilines is 2. The Morgan fingerprint density at radius 3 is 2.26 bits per heavy atom. The van der Waals surface area contributed by atoms with Crippen LogP contribution in [-0.4, -0.2) is 69.3 Å². The Morgan fingerprint density at radius 2 is 1.55 bits per heavy atom. The van der Waals surface area contributed by atoms with Gasteiger partial charge in [-0.2, -0.15) is 0 Å². The zero-order valence-corrected chi connectivity index (χ0v) is 17.5. The number of methoxy groups -OCH3 is 1. The van der Waals surface area contributed by atoms with Crippen LogP contribution >= 0.6 is 0 Å². The van der Waals surface area contributed by atoms with E-state index < -0.39 is 6.04 Å². The molecule has 0 aliphatic carbocycles. The van der Waals surface area contributed by atoms with E-state index in [0.717, 1.165) is 37.6 Å². The highest BCUT2D eigenvalue weighted by atomic mass is 16.6. The molecule has 0 N–H and O–H groups in total. The van der Waals surface area contributed by atoms with Gasteiger partial charge >= 0.3 is 0 Å². The Hall–Kier alpha value is -3.26. The molecule has 0 spiro atoms. The van der Waals surface area contributed by atoms with E-state index in [2.05, 4.69) is 9.80 Å². The summed E-state index contributed by atoms with van der Waals surface area (Å²) in [6.45, 7) is 4.01. The average Bonchev–Trinajstić information content (AvgIpc) is 3.12. The van der Waals surface area contributed by atoms with E-state index in [0.29, 0.717) is 30.4 Å². The van der Waals surface area contributed by atoms with Crippen molar-refractivity contribution in [2.45, 2.75) is 12.5 Å². The van der Waals surface area contributed by atoms with E-state index in [1.54, 1.807) is 25.3 Å². The van der Waals surface area contributed by atoms with Crippen LogP contribution in [0.5, 0.6) is 17.2 Å². The van der Waals surface area contributed by atoms with E-state index in [-0.39, 0.29) is 18.2 Å². The van der Waals surface area contributed by atoms with Gasteiger partial charge in [-0.3, -0.25) is 14.5 Å². The fourth-order valence-corrected chi connectivity index (χ4v) is 4.43. The summed E-state index contributed by atoms with van der Waals surface area (Å²) in [5, 5.41) is 0. The van der Waals surface area contributed by atoms with E-state index >= 15 is 0 Å². The number of ether oxygens (including phenoxy) is 3. The number of fused-ring (bicyclic) bond motifs is 1. The highest BCUT2D eigenvalue weighted by molar-refractivity contribution is 6.22. The van der Waals surface area contributed by atoms with Gasteiger partial charge in [0.25, 0.3) is 5.91 Å². The topological polar surface area (TPSA) is 71.6 Å². The normalized spacial score (nSPS) is 21.5. The van der Waals surface area contributed by atoms with Crippen molar-refractivity contribution in [1.82, 2.24) is 4.90 Å². The number of amides is 2. The number of hydrogen-bond acceptors (Lipinski definition) is 7. The highest BCUT2D eigenvalue weighted by Crippen LogP contribution is 2.36. The van der Waals surface area contributed by atoms with Gasteiger partial charge in [0, 0.05) is 37.9 Å². The zero-order valence-electron chi connectivity index (χ0n) is 17.5. The molecule has 162 valence electrons. The zero-order chi connectivity index (χ0) is 21.4. The van der Waals surface area contributed by atoms with E-state index in [1.165, 1.54) is 4.90 Å². The predicted molar refractivity (Wildman–Crippen MR) is 115 cm³/mol. The molecule has 2 aromatic rings. The third kappa shape index (κ3) is 3.67. The summed E-state index contributed by atoms with van der Waals surface area (Å²) in [7, 11) is 1.65. The van der Waals surface area contributed by atoms with Gasteiger partial charge in [-0.15, -0.1) is 0 Å². The third-order valence-electron chi connectivity index (χ3n) is 6.10. The van der Waals surface area contributed by atoms with Crippen LogP contribution in [0.2, 0.25) is 0 Å². The van der Waals surface area contributed by atoms with Crippen molar-refractivity contribution < 1.29 is 23.8 Å². The number of rotatable bonds is 4. The maximum atomic E-state index is 13.2. The molecule has 2 aromatic carbocycles. The quantitative estimate of drug-likeness (QED) is 0.696. The van der Waals surface area contributed by atoms with Gasteiger partial charge in [-0.25, -0.2) is 4.90 Å². The minimum Gasteiger partial charge on any atom is -0.497 e. The molecule has 0 saturated carbocycles. The first-order valence-electron chi connectivity index (χ1n) is 10.5. The molecule has 8 heteroatoms. The Labute approximate surface area is 180 Å². The van der Waals surface area contributed by atoms with Gasteiger partial charge in [0.1, 0.15) is 19.0 Å². The molecule has 0 aromatic heterocycles. The van der Waals surface area contributed by atoms with E-state index in [9.17, 15) is 9.59 Å². The van der Waals surface area contributed by atoms with Crippen LogP contribution in [0.4, 0.5) is 11.4 Å². The lowest BCUT2D eigenvalue weighted by molar-refractivity contribution is -0.123. The fourth-order valence-electron chi connectivity index (χ4n) is 4.43. The highest BCUT2D eigenvalue weighted by Gasteiger charge is 2.43. The van der Waals surface area contributed by atoms with Crippen molar-refractivity contribution in [2.24, 2.45) is 0 Å². The number of imide groups is 1. The molecular weight excluding hydrogens is 398 g/mol. The lowest BCUT2D eigenvalue weighted by atomic mass is 10.1. The van der Waals surface area contributed by atoms with Crippen LogP contribution in [-0.2, 0) is 9.59 Å². The van der Waals surface area contributed by atoms with Crippen LogP contribution in [0.15, 0.2) is 42.5 Å². The summed E-state index contributed by atoms with van der Waals surface area (Å²) < 4.78 is 16.4. The number of benzene rings is 2. The molecule has 3 aliphatic heterocycles. The average molecular weight is 423 g/mol. The van der Waals surface area contributed by atoms with Crippen molar-refractivity contribution in [3.8, 4) is 17.2 Å².